The first-order chi connectivity index (χ1) is 12.2. The minimum atomic E-state index is -0.397. The Labute approximate surface area is 176 Å². The molecule has 0 heterocycles. The van der Waals surface area contributed by atoms with Gasteiger partial charge in [-0.25, -0.2) is 4.99 Å². The number of non-ortho nitro benzene ring substituents is 1. The lowest BCUT2D eigenvalue weighted by molar-refractivity contribution is -0.384. The van der Waals surface area contributed by atoms with Gasteiger partial charge in [0.15, 0.2) is 5.96 Å². The summed E-state index contributed by atoms with van der Waals surface area (Å²) in [6.45, 7) is 5.56. The van der Waals surface area contributed by atoms with Gasteiger partial charge in [-0.05, 0) is 37.3 Å². The highest BCUT2D eigenvalue weighted by Crippen LogP contribution is 2.12. The zero-order valence-electron chi connectivity index (χ0n) is 15.4. The third-order valence-corrected chi connectivity index (χ3v) is 4.04. The van der Waals surface area contributed by atoms with E-state index in [9.17, 15) is 10.1 Å². The molecule has 0 saturated carbocycles. The van der Waals surface area contributed by atoms with E-state index in [1.54, 1.807) is 12.1 Å². The predicted molar refractivity (Wildman–Crippen MR) is 120 cm³/mol. The number of nitrogens with zero attached hydrogens (tertiary/aromatic N) is 2. The summed E-state index contributed by atoms with van der Waals surface area (Å²) in [7, 11) is 0. The molecular weight excluding hydrogens is 467 g/mol. The van der Waals surface area contributed by atoms with Gasteiger partial charge in [-0.1, -0.05) is 12.1 Å². The average molecular weight is 496 g/mol. The molecule has 148 valence electrons. The number of hydrogen-bond donors (Lipinski definition) is 2. The number of guanidine groups is 1. The number of nitro benzene ring substituents is 1. The summed E-state index contributed by atoms with van der Waals surface area (Å²) in [6.07, 6.45) is 4.07. The van der Waals surface area contributed by atoms with E-state index in [4.69, 9.17) is 4.74 Å². The zero-order chi connectivity index (χ0) is 18.3. The van der Waals surface area contributed by atoms with Crippen LogP contribution in [0, 0.1) is 10.1 Å². The van der Waals surface area contributed by atoms with Crippen molar-refractivity contribution in [2.75, 3.05) is 38.3 Å². The highest BCUT2D eigenvalue weighted by Gasteiger charge is 2.04. The van der Waals surface area contributed by atoms with Crippen LogP contribution in [-0.2, 0) is 11.3 Å². The van der Waals surface area contributed by atoms with E-state index in [0.29, 0.717) is 6.54 Å². The number of nitro groups is 1. The van der Waals surface area contributed by atoms with Crippen LogP contribution in [0.4, 0.5) is 5.69 Å². The fourth-order valence-corrected chi connectivity index (χ4v) is 2.45. The Balaban J connectivity index is 0.00000625. The second kappa shape index (κ2) is 16.1. The van der Waals surface area contributed by atoms with Crippen LogP contribution in [0.1, 0.15) is 25.3 Å². The van der Waals surface area contributed by atoms with E-state index in [1.165, 1.54) is 12.1 Å². The van der Waals surface area contributed by atoms with Gasteiger partial charge in [0.2, 0.25) is 0 Å². The SMILES string of the molecule is CCOCCCNC(=NCc1ccc([N+](=O)[O-])cc1)NCCCSC.I. The molecule has 0 radical (unpaired) electrons. The standard InChI is InChI=1S/C17H28N4O3S.HI/c1-3-24-12-4-10-18-17(19-11-5-13-25-2)20-14-15-6-8-16(9-7-15)21(22)23;/h6-9H,3-5,10-14H2,1-2H3,(H2,18,19,20);1H. The van der Waals surface area contributed by atoms with E-state index in [0.717, 1.165) is 56.4 Å². The highest BCUT2D eigenvalue weighted by atomic mass is 127. The Morgan fingerprint density at radius 1 is 1.23 bits per heavy atom. The quantitative estimate of drug-likeness (QED) is 0.115. The van der Waals surface area contributed by atoms with Gasteiger partial charge in [-0.2, -0.15) is 11.8 Å². The van der Waals surface area contributed by atoms with E-state index >= 15 is 0 Å². The van der Waals surface area contributed by atoms with E-state index < -0.39 is 4.92 Å². The summed E-state index contributed by atoms with van der Waals surface area (Å²) in [6, 6.07) is 6.49. The maximum atomic E-state index is 10.7. The predicted octanol–water partition coefficient (Wildman–Crippen LogP) is 3.43. The molecule has 1 aromatic carbocycles. The number of halogens is 1. The molecule has 0 saturated heterocycles. The first-order valence-corrected chi connectivity index (χ1v) is 9.89. The lowest BCUT2D eigenvalue weighted by atomic mass is 10.2. The molecule has 0 aliphatic rings. The largest absolute Gasteiger partial charge is 0.382 e. The van der Waals surface area contributed by atoms with Crippen LogP contribution in [0.2, 0.25) is 0 Å². The first kappa shape index (κ1) is 24.9. The summed E-state index contributed by atoms with van der Waals surface area (Å²) < 4.78 is 5.33. The third-order valence-electron chi connectivity index (χ3n) is 3.35. The normalized spacial score (nSPS) is 10.9. The van der Waals surface area contributed by atoms with E-state index in [1.807, 2.05) is 18.7 Å². The first-order valence-electron chi connectivity index (χ1n) is 8.49. The summed E-state index contributed by atoms with van der Waals surface area (Å²) in [5, 5.41) is 17.3. The number of rotatable bonds is 12. The van der Waals surface area contributed by atoms with Gasteiger partial charge >= 0.3 is 0 Å². The molecule has 1 rings (SSSR count). The number of thioether (sulfide) groups is 1. The highest BCUT2D eigenvalue weighted by molar-refractivity contribution is 14.0. The maximum Gasteiger partial charge on any atom is 0.269 e. The molecule has 7 nitrogen and oxygen atoms in total. The Bertz CT molecular complexity index is 529. The number of aliphatic imine (C=N–C) groups is 1. The maximum absolute atomic E-state index is 10.7. The van der Waals surface area contributed by atoms with Crippen molar-refractivity contribution in [2.24, 2.45) is 4.99 Å². The van der Waals surface area contributed by atoms with Gasteiger partial charge in [-0.15, -0.1) is 24.0 Å². The van der Waals surface area contributed by atoms with Crippen molar-refractivity contribution >= 4 is 47.4 Å². The fraction of sp³-hybridized carbons (Fsp3) is 0.588. The molecule has 0 spiro atoms. The topological polar surface area (TPSA) is 88.8 Å². The summed E-state index contributed by atoms with van der Waals surface area (Å²) in [4.78, 5) is 14.9. The summed E-state index contributed by atoms with van der Waals surface area (Å²) >= 11 is 1.82. The number of hydrogen-bond acceptors (Lipinski definition) is 5. The third kappa shape index (κ3) is 11.5. The molecule has 0 atom stereocenters. The van der Waals surface area contributed by atoms with Crippen LogP contribution in [0.25, 0.3) is 0 Å². The van der Waals surface area contributed by atoms with Crippen LogP contribution >= 0.6 is 35.7 Å². The second-order valence-corrected chi connectivity index (χ2v) is 6.32. The fourth-order valence-electron chi connectivity index (χ4n) is 2.02. The van der Waals surface area contributed by atoms with Crippen LogP contribution in [-0.4, -0.2) is 49.2 Å². The summed E-state index contributed by atoms with van der Waals surface area (Å²) in [5.41, 5.74) is 1.03. The average Bonchev–Trinajstić information content (AvgIpc) is 2.62. The van der Waals surface area contributed by atoms with Crippen LogP contribution in [0.3, 0.4) is 0 Å². The van der Waals surface area contributed by atoms with Crippen molar-refractivity contribution in [3.05, 3.63) is 39.9 Å². The zero-order valence-corrected chi connectivity index (χ0v) is 18.5. The van der Waals surface area contributed by atoms with Crippen LogP contribution in [0.15, 0.2) is 29.3 Å². The van der Waals surface area contributed by atoms with Crippen molar-refractivity contribution in [2.45, 2.75) is 26.3 Å². The molecule has 0 aromatic heterocycles. The van der Waals surface area contributed by atoms with Gasteiger partial charge in [-0.3, -0.25) is 10.1 Å². The Morgan fingerprint density at radius 3 is 2.46 bits per heavy atom. The smallest absolute Gasteiger partial charge is 0.269 e. The second-order valence-electron chi connectivity index (χ2n) is 5.34. The van der Waals surface area contributed by atoms with Crippen LogP contribution in [0.5, 0.6) is 0 Å². The Morgan fingerprint density at radius 2 is 1.88 bits per heavy atom. The number of nitrogens with one attached hydrogen (secondary N) is 2. The monoisotopic (exact) mass is 496 g/mol. The van der Waals surface area contributed by atoms with Crippen molar-refractivity contribution in [3.8, 4) is 0 Å². The molecule has 0 bridgehead atoms. The minimum absolute atomic E-state index is 0. The van der Waals surface area contributed by atoms with Crippen molar-refractivity contribution in [1.82, 2.24) is 10.6 Å². The van der Waals surface area contributed by atoms with Crippen LogP contribution < -0.4 is 10.6 Å². The molecule has 2 N–H and O–H groups in total. The van der Waals surface area contributed by atoms with Gasteiger partial charge in [0.05, 0.1) is 11.5 Å². The molecular formula is C17H29IN4O3S. The molecule has 0 unspecified atom stereocenters. The van der Waals surface area contributed by atoms with Gasteiger partial charge < -0.3 is 15.4 Å². The van der Waals surface area contributed by atoms with Crippen molar-refractivity contribution < 1.29 is 9.66 Å². The molecule has 0 aliphatic heterocycles. The molecule has 1 aromatic rings. The summed E-state index contributed by atoms with van der Waals surface area (Å²) in [5.74, 6) is 1.86. The lowest BCUT2D eigenvalue weighted by Crippen LogP contribution is -2.38. The van der Waals surface area contributed by atoms with Gasteiger partial charge in [0.25, 0.3) is 5.69 Å². The lowest BCUT2D eigenvalue weighted by Gasteiger charge is -2.12. The minimum Gasteiger partial charge on any atom is -0.382 e. The van der Waals surface area contributed by atoms with Gasteiger partial charge in [0, 0.05) is 38.4 Å². The Hall–Kier alpha value is -1.07. The molecule has 0 aliphatic carbocycles. The molecule has 0 amide bonds. The van der Waals surface area contributed by atoms with E-state index in [2.05, 4.69) is 21.9 Å². The van der Waals surface area contributed by atoms with Crippen molar-refractivity contribution in [3.63, 3.8) is 0 Å². The number of ether oxygens (including phenoxy) is 1. The van der Waals surface area contributed by atoms with Gasteiger partial charge in [0.1, 0.15) is 0 Å². The molecule has 26 heavy (non-hydrogen) atoms. The van der Waals surface area contributed by atoms with Crippen molar-refractivity contribution in [1.29, 1.82) is 0 Å². The Kier molecular flexibility index (Phi) is 15.5. The van der Waals surface area contributed by atoms with E-state index in [-0.39, 0.29) is 29.7 Å². The number of benzene rings is 1. The molecule has 9 heteroatoms. The molecule has 0 fully saturated rings.